The lowest BCUT2D eigenvalue weighted by atomic mass is 10.2. The molecule has 0 saturated heterocycles. The fourth-order valence-corrected chi connectivity index (χ4v) is 1.04. The van der Waals surface area contributed by atoms with E-state index >= 15 is 0 Å². The van der Waals surface area contributed by atoms with Gasteiger partial charge in [0.1, 0.15) is 0 Å². The van der Waals surface area contributed by atoms with Crippen LogP contribution < -0.4 is 0 Å². The highest BCUT2D eigenvalue weighted by atomic mass is 32.2. The molecule has 0 radical (unpaired) electrons. The third-order valence-corrected chi connectivity index (χ3v) is 1.69. The van der Waals surface area contributed by atoms with Crippen molar-refractivity contribution >= 4 is 11.4 Å². The van der Waals surface area contributed by atoms with Crippen molar-refractivity contribution in [2.45, 2.75) is 39.2 Å². The Morgan fingerprint density at radius 3 is 2.70 bits per heavy atom. The first-order valence-electron chi connectivity index (χ1n) is 3.43. The summed E-state index contributed by atoms with van der Waals surface area (Å²) in [6.07, 6.45) is 2.72. The maximum Gasteiger partial charge on any atom is 0.0844 e. The first-order valence-corrected chi connectivity index (χ1v) is 4.43. The van der Waals surface area contributed by atoms with Crippen molar-refractivity contribution < 1.29 is 12.9 Å². The van der Waals surface area contributed by atoms with E-state index in [-0.39, 0.29) is 6.10 Å². The summed E-state index contributed by atoms with van der Waals surface area (Å²) in [7, 11) is 0. The van der Waals surface area contributed by atoms with Crippen LogP contribution in [0.15, 0.2) is 0 Å². The Kier molecular flexibility index (Phi) is 5.87. The Labute approximate surface area is 64.3 Å². The highest BCUT2D eigenvalue weighted by molar-refractivity contribution is 7.74. The molecule has 0 bridgehead atoms. The molecule has 0 aromatic heterocycles. The summed E-state index contributed by atoms with van der Waals surface area (Å²) in [5.74, 6) is 0. The molecule has 0 spiro atoms. The molecule has 2 unspecified atom stereocenters. The molecule has 0 saturated carbocycles. The van der Waals surface area contributed by atoms with E-state index in [1.165, 1.54) is 0 Å². The van der Waals surface area contributed by atoms with Crippen molar-refractivity contribution in [3.05, 3.63) is 0 Å². The van der Waals surface area contributed by atoms with E-state index in [4.69, 9.17) is 0 Å². The lowest BCUT2D eigenvalue weighted by molar-refractivity contribution is 0.206. The molecule has 0 aliphatic carbocycles. The maximum atomic E-state index is 9.95. The summed E-state index contributed by atoms with van der Waals surface area (Å²) in [5.41, 5.74) is 0. The van der Waals surface area contributed by atoms with Crippen LogP contribution in [0.25, 0.3) is 0 Å². The summed E-state index contributed by atoms with van der Waals surface area (Å²) < 4.78 is 24.4. The Hall–Kier alpha value is 0.0700. The minimum absolute atomic E-state index is 0.168. The molecule has 0 rings (SSSR count). The predicted molar refractivity (Wildman–Crippen MR) is 39.0 cm³/mol. The average Bonchev–Trinajstić information content (AvgIpc) is 1.82. The molecule has 62 valence electrons. The molecule has 0 aromatic carbocycles. The van der Waals surface area contributed by atoms with Gasteiger partial charge < -0.3 is 4.55 Å². The molecular formula is C6H13O3S-. The number of rotatable bonds is 5. The van der Waals surface area contributed by atoms with Gasteiger partial charge in [0.05, 0.1) is 17.5 Å². The Morgan fingerprint density at radius 1 is 1.70 bits per heavy atom. The standard InChI is InChI=1S/C6H14O3S/c1-3-4-5-6(2)9-10(7)8/h6H,3-5H2,1-2H3,(H,7,8)/p-1. The normalized spacial score (nSPS) is 16.7. The van der Waals surface area contributed by atoms with Crippen molar-refractivity contribution in [2.24, 2.45) is 0 Å². The molecule has 0 N–H and O–H groups in total. The van der Waals surface area contributed by atoms with Gasteiger partial charge in [0.25, 0.3) is 0 Å². The van der Waals surface area contributed by atoms with E-state index in [9.17, 15) is 8.76 Å². The highest BCUT2D eigenvalue weighted by Gasteiger charge is 1.99. The molecule has 0 aliphatic rings. The molecule has 0 heterocycles. The highest BCUT2D eigenvalue weighted by Crippen LogP contribution is 2.04. The lowest BCUT2D eigenvalue weighted by Gasteiger charge is -2.12. The number of hydrogen-bond acceptors (Lipinski definition) is 3. The van der Waals surface area contributed by atoms with Gasteiger partial charge >= 0.3 is 0 Å². The summed E-state index contributed by atoms with van der Waals surface area (Å²) in [4.78, 5) is 0. The van der Waals surface area contributed by atoms with E-state index in [0.29, 0.717) is 0 Å². The first kappa shape index (κ1) is 10.1. The average molecular weight is 165 g/mol. The second-order valence-corrected chi connectivity index (χ2v) is 2.85. The van der Waals surface area contributed by atoms with Crippen LogP contribution in [0.3, 0.4) is 0 Å². The molecule has 2 atom stereocenters. The fourth-order valence-electron chi connectivity index (χ4n) is 0.674. The van der Waals surface area contributed by atoms with Gasteiger partial charge in [0.2, 0.25) is 0 Å². The Balaban J connectivity index is 3.25. The minimum Gasteiger partial charge on any atom is -0.750 e. The molecule has 10 heavy (non-hydrogen) atoms. The van der Waals surface area contributed by atoms with E-state index in [2.05, 4.69) is 11.1 Å². The summed E-state index contributed by atoms with van der Waals surface area (Å²) >= 11 is -2.35. The van der Waals surface area contributed by atoms with Crippen LogP contribution in [0.2, 0.25) is 0 Å². The van der Waals surface area contributed by atoms with Crippen LogP contribution >= 0.6 is 0 Å². The van der Waals surface area contributed by atoms with Gasteiger partial charge in [-0.05, 0) is 13.3 Å². The molecule has 0 fully saturated rings. The molecule has 4 heteroatoms. The van der Waals surface area contributed by atoms with Crippen LogP contribution in [0, 0.1) is 0 Å². The van der Waals surface area contributed by atoms with Crippen LogP contribution in [0.1, 0.15) is 33.1 Å². The molecule has 0 amide bonds. The van der Waals surface area contributed by atoms with Gasteiger partial charge in [-0.1, -0.05) is 19.8 Å². The minimum atomic E-state index is -2.35. The third kappa shape index (κ3) is 6.19. The second kappa shape index (κ2) is 5.82. The van der Waals surface area contributed by atoms with Crippen LogP contribution in [-0.4, -0.2) is 14.9 Å². The number of unbranched alkanes of at least 4 members (excludes halogenated alkanes) is 1. The van der Waals surface area contributed by atoms with E-state index < -0.39 is 11.4 Å². The zero-order valence-electron chi connectivity index (χ0n) is 6.33. The van der Waals surface area contributed by atoms with E-state index in [1.807, 2.05) is 0 Å². The third-order valence-electron chi connectivity index (χ3n) is 1.21. The largest absolute Gasteiger partial charge is 0.750 e. The van der Waals surface area contributed by atoms with Gasteiger partial charge in [0, 0.05) is 0 Å². The molecule has 0 aromatic rings. The molecule has 0 aliphatic heterocycles. The topological polar surface area (TPSA) is 49.4 Å². The Bertz CT molecular complexity index is 105. The first-order chi connectivity index (χ1) is 4.66. The van der Waals surface area contributed by atoms with Gasteiger partial charge in [-0.2, -0.15) is 0 Å². The van der Waals surface area contributed by atoms with Crippen LogP contribution in [0.5, 0.6) is 0 Å². The smallest absolute Gasteiger partial charge is 0.0844 e. The fraction of sp³-hybridized carbons (Fsp3) is 1.00. The Morgan fingerprint density at radius 2 is 2.30 bits per heavy atom. The molecule has 3 nitrogen and oxygen atoms in total. The quantitative estimate of drug-likeness (QED) is 0.578. The van der Waals surface area contributed by atoms with Crippen molar-refractivity contribution in [1.82, 2.24) is 0 Å². The van der Waals surface area contributed by atoms with Gasteiger partial charge in [-0.25, -0.2) is 4.21 Å². The van der Waals surface area contributed by atoms with Gasteiger partial charge in [0.15, 0.2) is 0 Å². The van der Waals surface area contributed by atoms with Gasteiger partial charge in [-0.15, -0.1) is 0 Å². The van der Waals surface area contributed by atoms with Crippen LogP contribution in [-0.2, 0) is 15.5 Å². The summed E-state index contributed by atoms with van der Waals surface area (Å²) in [6, 6.07) is 0. The summed E-state index contributed by atoms with van der Waals surface area (Å²) in [6.45, 7) is 3.81. The lowest BCUT2D eigenvalue weighted by Crippen LogP contribution is -2.09. The predicted octanol–water partition coefficient (Wildman–Crippen LogP) is 1.38. The van der Waals surface area contributed by atoms with Crippen molar-refractivity contribution in [2.75, 3.05) is 0 Å². The van der Waals surface area contributed by atoms with Crippen molar-refractivity contribution in [3.8, 4) is 0 Å². The van der Waals surface area contributed by atoms with Gasteiger partial charge in [-0.3, -0.25) is 4.18 Å². The SMILES string of the molecule is CCCCC(C)OS(=O)[O-]. The van der Waals surface area contributed by atoms with E-state index in [1.54, 1.807) is 6.92 Å². The zero-order valence-corrected chi connectivity index (χ0v) is 7.15. The zero-order chi connectivity index (χ0) is 7.98. The van der Waals surface area contributed by atoms with Crippen LogP contribution in [0.4, 0.5) is 0 Å². The monoisotopic (exact) mass is 165 g/mol. The molecular weight excluding hydrogens is 152 g/mol. The second-order valence-electron chi connectivity index (χ2n) is 2.25. The summed E-state index contributed by atoms with van der Waals surface area (Å²) in [5, 5.41) is 0. The van der Waals surface area contributed by atoms with Crippen molar-refractivity contribution in [1.29, 1.82) is 0 Å². The number of hydrogen-bond donors (Lipinski definition) is 0. The maximum absolute atomic E-state index is 9.95. The van der Waals surface area contributed by atoms with Crippen molar-refractivity contribution in [3.63, 3.8) is 0 Å². The van der Waals surface area contributed by atoms with E-state index in [0.717, 1.165) is 19.3 Å².